The van der Waals surface area contributed by atoms with Crippen LogP contribution in [0.5, 0.6) is 0 Å². The third-order valence-electron chi connectivity index (χ3n) is 3.21. The van der Waals surface area contributed by atoms with Crippen molar-refractivity contribution < 1.29 is 4.92 Å². The van der Waals surface area contributed by atoms with E-state index in [1.807, 2.05) is 19.1 Å². The Hall–Kier alpha value is -3.22. The number of benzene rings is 1. The molecule has 0 fully saturated rings. The summed E-state index contributed by atoms with van der Waals surface area (Å²) in [5.74, 6) is -0.0648. The Morgan fingerprint density at radius 1 is 1.18 bits per heavy atom. The van der Waals surface area contributed by atoms with E-state index in [0.29, 0.717) is 11.3 Å². The minimum Gasteiger partial charge on any atom is -0.334 e. The molecule has 0 atom stereocenters. The van der Waals surface area contributed by atoms with Gasteiger partial charge in [-0.25, -0.2) is 4.98 Å². The molecule has 0 spiro atoms. The van der Waals surface area contributed by atoms with E-state index >= 15 is 0 Å². The van der Waals surface area contributed by atoms with E-state index in [1.54, 1.807) is 30.3 Å². The fraction of sp³-hybridized carbons (Fsp3) is 0.0667. The Morgan fingerprint density at radius 3 is 2.59 bits per heavy atom. The molecule has 0 saturated carbocycles. The number of anilines is 2. The second-order valence-electron chi connectivity index (χ2n) is 4.79. The van der Waals surface area contributed by atoms with Crippen LogP contribution in [0.3, 0.4) is 0 Å². The maximum atomic E-state index is 12.3. The van der Waals surface area contributed by atoms with Gasteiger partial charge in [0.15, 0.2) is 0 Å². The lowest BCUT2D eigenvalue weighted by Gasteiger charge is -2.08. The third kappa shape index (κ3) is 2.39. The van der Waals surface area contributed by atoms with Gasteiger partial charge in [-0.3, -0.25) is 19.3 Å². The van der Waals surface area contributed by atoms with Crippen molar-refractivity contribution in [2.75, 3.05) is 5.32 Å². The monoisotopic (exact) mass is 296 g/mol. The van der Waals surface area contributed by atoms with Gasteiger partial charge in [-0.05, 0) is 31.2 Å². The predicted molar refractivity (Wildman–Crippen MR) is 82.6 cm³/mol. The fourth-order valence-electron chi connectivity index (χ4n) is 2.11. The van der Waals surface area contributed by atoms with E-state index in [-0.39, 0.29) is 5.82 Å². The molecular weight excluding hydrogens is 284 g/mol. The lowest BCUT2D eigenvalue weighted by molar-refractivity contribution is -0.385. The maximum absolute atomic E-state index is 12.3. The average molecular weight is 296 g/mol. The van der Waals surface area contributed by atoms with Crippen LogP contribution in [-0.4, -0.2) is 14.3 Å². The predicted octanol–water partition coefficient (Wildman–Crippen LogP) is 2.65. The maximum Gasteiger partial charge on any atom is 0.376 e. The van der Waals surface area contributed by atoms with Crippen LogP contribution in [0.2, 0.25) is 0 Å². The van der Waals surface area contributed by atoms with Crippen LogP contribution in [0.4, 0.5) is 17.2 Å². The first-order chi connectivity index (χ1) is 10.6. The van der Waals surface area contributed by atoms with E-state index in [4.69, 9.17) is 0 Å². The van der Waals surface area contributed by atoms with Crippen LogP contribution >= 0.6 is 0 Å². The van der Waals surface area contributed by atoms with Crippen molar-refractivity contribution in [3.05, 3.63) is 74.7 Å². The second-order valence-corrected chi connectivity index (χ2v) is 4.79. The van der Waals surface area contributed by atoms with Gasteiger partial charge in [-0.15, -0.1) is 0 Å². The number of pyridine rings is 1. The highest BCUT2D eigenvalue weighted by Crippen LogP contribution is 2.22. The number of nitrogens with one attached hydrogen (secondary N) is 1. The van der Waals surface area contributed by atoms with Gasteiger partial charge in [-0.1, -0.05) is 23.8 Å². The number of nitro groups is 1. The average Bonchev–Trinajstić information content (AvgIpc) is 2.49. The van der Waals surface area contributed by atoms with Crippen molar-refractivity contribution in [3.8, 4) is 0 Å². The summed E-state index contributed by atoms with van der Waals surface area (Å²) >= 11 is 0. The lowest BCUT2D eigenvalue weighted by atomic mass is 10.2. The first kappa shape index (κ1) is 13.7. The van der Waals surface area contributed by atoms with Crippen molar-refractivity contribution in [1.82, 2.24) is 9.38 Å². The Labute approximate surface area is 125 Å². The van der Waals surface area contributed by atoms with Gasteiger partial charge in [-0.2, -0.15) is 0 Å². The Morgan fingerprint density at radius 2 is 1.91 bits per heavy atom. The highest BCUT2D eigenvalue weighted by atomic mass is 16.6. The van der Waals surface area contributed by atoms with Crippen LogP contribution in [0, 0.1) is 17.0 Å². The van der Waals surface area contributed by atoms with Crippen LogP contribution in [0.25, 0.3) is 5.65 Å². The highest BCUT2D eigenvalue weighted by molar-refractivity contribution is 5.67. The molecule has 0 radical (unpaired) electrons. The summed E-state index contributed by atoms with van der Waals surface area (Å²) in [6.45, 7) is 1.94. The minimum atomic E-state index is -0.717. The van der Waals surface area contributed by atoms with Gasteiger partial charge >= 0.3 is 11.2 Å². The summed E-state index contributed by atoms with van der Waals surface area (Å²) in [6.07, 6.45) is 1.45. The quantitative estimate of drug-likeness (QED) is 0.593. The molecule has 7 nitrogen and oxygen atoms in total. The van der Waals surface area contributed by atoms with E-state index < -0.39 is 16.2 Å². The minimum absolute atomic E-state index is 0.0648. The molecule has 0 aliphatic rings. The molecule has 3 rings (SSSR count). The molecule has 0 bridgehead atoms. The van der Waals surface area contributed by atoms with Crippen molar-refractivity contribution in [1.29, 1.82) is 0 Å². The number of aromatic nitrogens is 2. The smallest absolute Gasteiger partial charge is 0.334 e. The Kier molecular flexibility index (Phi) is 3.30. The third-order valence-corrected chi connectivity index (χ3v) is 3.21. The molecule has 0 aliphatic heterocycles. The second kappa shape index (κ2) is 5.28. The molecule has 1 aromatic carbocycles. The zero-order chi connectivity index (χ0) is 15.7. The molecule has 1 N–H and O–H groups in total. The molecule has 2 aromatic heterocycles. The molecule has 22 heavy (non-hydrogen) atoms. The SMILES string of the molecule is Cc1ccc(Nc2nc3ccccn3c(=O)c2[N+](=O)[O-])cc1. The standard InChI is InChI=1S/C15H12N4O3/c1-10-5-7-11(8-6-10)16-14-13(19(21)22)15(20)18-9-3-2-4-12(18)17-14/h2-9,16H,1H3. The van der Waals surface area contributed by atoms with Gasteiger partial charge < -0.3 is 5.32 Å². The van der Waals surface area contributed by atoms with Crippen molar-refractivity contribution >= 4 is 22.8 Å². The van der Waals surface area contributed by atoms with E-state index in [2.05, 4.69) is 10.3 Å². The van der Waals surface area contributed by atoms with Gasteiger partial charge in [0.1, 0.15) is 5.65 Å². The molecule has 2 heterocycles. The van der Waals surface area contributed by atoms with Crippen LogP contribution in [0.15, 0.2) is 53.5 Å². The van der Waals surface area contributed by atoms with Crippen LogP contribution < -0.4 is 10.9 Å². The van der Waals surface area contributed by atoms with Crippen molar-refractivity contribution in [2.24, 2.45) is 0 Å². The van der Waals surface area contributed by atoms with Crippen molar-refractivity contribution in [3.63, 3.8) is 0 Å². The normalized spacial score (nSPS) is 10.6. The van der Waals surface area contributed by atoms with Crippen molar-refractivity contribution in [2.45, 2.75) is 6.92 Å². The molecule has 3 aromatic rings. The van der Waals surface area contributed by atoms with E-state index in [9.17, 15) is 14.9 Å². The molecular formula is C15H12N4O3. The number of hydrogen-bond donors (Lipinski definition) is 1. The number of hydrogen-bond acceptors (Lipinski definition) is 5. The van der Waals surface area contributed by atoms with E-state index in [0.717, 1.165) is 9.96 Å². The van der Waals surface area contributed by atoms with Gasteiger partial charge in [0, 0.05) is 11.9 Å². The first-order valence-electron chi connectivity index (χ1n) is 6.56. The van der Waals surface area contributed by atoms with Gasteiger partial charge in [0.25, 0.3) is 0 Å². The fourth-order valence-corrected chi connectivity index (χ4v) is 2.11. The summed E-state index contributed by atoms with van der Waals surface area (Å²) in [5.41, 5.74) is 0.731. The summed E-state index contributed by atoms with van der Waals surface area (Å²) in [5, 5.41) is 14.1. The number of aryl methyl sites for hydroxylation is 1. The Bertz CT molecular complexity index is 916. The summed E-state index contributed by atoms with van der Waals surface area (Å²) < 4.78 is 1.15. The van der Waals surface area contributed by atoms with Crippen LogP contribution in [-0.2, 0) is 0 Å². The molecule has 0 aliphatic carbocycles. The van der Waals surface area contributed by atoms with Gasteiger partial charge in [0.2, 0.25) is 5.82 Å². The molecule has 0 saturated heterocycles. The number of nitrogens with zero attached hydrogens (tertiary/aromatic N) is 3. The number of fused-ring (bicyclic) bond motifs is 1. The number of rotatable bonds is 3. The summed E-state index contributed by atoms with van der Waals surface area (Å²) in [4.78, 5) is 27.0. The lowest BCUT2D eigenvalue weighted by Crippen LogP contribution is -2.20. The molecule has 110 valence electrons. The van der Waals surface area contributed by atoms with E-state index in [1.165, 1.54) is 6.20 Å². The van der Waals surface area contributed by atoms with Gasteiger partial charge in [0.05, 0.1) is 4.92 Å². The molecule has 0 unspecified atom stereocenters. The first-order valence-corrected chi connectivity index (χ1v) is 6.56. The summed E-state index contributed by atoms with van der Waals surface area (Å²) in [6, 6.07) is 12.2. The summed E-state index contributed by atoms with van der Waals surface area (Å²) in [7, 11) is 0. The zero-order valence-electron chi connectivity index (χ0n) is 11.7. The highest BCUT2D eigenvalue weighted by Gasteiger charge is 2.23. The zero-order valence-corrected chi connectivity index (χ0v) is 11.7. The Balaban J connectivity index is 2.19. The topological polar surface area (TPSA) is 89.5 Å². The molecule has 7 heteroatoms. The van der Waals surface area contributed by atoms with Crippen LogP contribution in [0.1, 0.15) is 5.56 Å². The largest absolute Gasteiger partial charge is 0.376 e. The molecule has 0 amide bonds.